The van der Waals surface area contributed by atoms with Gasteiger partial charge in [-0.15, -0.1) is 12.4 Å². The normalized spacial score (nSPS) is 22.2. The maximum absolute atomic E-state index is 12.4. The summed E-state index contributed by atoms with van der Waals surface area (Å²) in [6.45, 7) is 7.20. The first-order valence-electron chi connectivity index (χ1n) is 6.93. The van der Waals surface area contributed by atoms with Crippen LogP contribution in [0.1, 0.15) is 55.6 Å². The maximum Gasteiger partial charge on any atom is 0.254 e. The van der Waals surface area contributed by atoms with E-state index in [0.717, 1.165) is 25.1 Å². The molecule has 1 amide bonds. The second-order valence-corrected chi connectivity index (χ2v) is 5.44. The predicted molar refractivity (Wildman–Crippen MR) is 81.3 cm³/mol. The van der Waals surface area contributed by atoms with E-state index in [1.54, 1.807) is 6.20 Å². The van der Waals surface area contributed by atoms with Gasteiger partial charge < -0.3 is 10.6 Å². The Labute approximate surface area is 126 Å². The third-order valence-corrected chi connectivity index (χ3v) is 3.61. The highest BCUT2D eigenvalue weighted by Crippen LogP contribution is 2.16. The number of aromatic nitrogens is 2. The molecule has 1 aromatic rings. The molecule has 2 rings (SSSR count). The van der Waals surface area contributed by atoms with E-state index >= 15 is 0 Å². The van der Waals surface area contributed by atoms with Gasteiger partial charge in [0.15, 0.2) is 0 Å². The Kier molecular flexibility index (Phi) is 6.36. The van der Waals surface area contributed by atoms with Crippen molar-refractivity contribution in [3.05, 3.63) is 23.8 Å². The van der Waals surface area contributed by atoms with E-state index in [0.29, 0.717) is 11.6 Å². The highest BCUT2D eigenvalue weighted by atomic mass is 35.5. The van der Waals surface area contributed by atoms with Crippen LogP contribution in [0.2, 0.25) is 0 Å². The van der Waals surface area contributed by atoms with Crippen molar-refractivity contribution in [3.8, 4) is 0 Å². The van der Waals surface area contributed by atoms with Gasteiger partial charge in [-0.05, 0) is 32.2 Å². The van der Waals surface area contributed by atoms with Crippen LogP contribution < -0.4 is 10.6 Å². The van der Waals surface area contributed by atoms with Crippen LogP contribution >= 0.6 is 12.4 Å². The minimum absolute atomic E-state index is 0. The molecule has 0 saturated carbocycles. The molecule has 1 aliphatic rings. The standard InChI is InChI=1S/C14H22N4O.ClH/c1-9(2)13-11(7-15-8-17-13)14(19)18-12-5-4-6-16-10(12)3;/h7-10,12,16H,4-6H2,1-3H3,(H,18,19);1H. The van der Waals surface area contributed by atoms with Crippen molar-refractivity contribution in [2.75, 3.05) is 6.54 Å². The van der Waals surface area contributed by atoms with Crippen LogP contribution in [0.3, 0.4) is 0 Å². The fraction of sp³-hybridized carbons (Fsp3) is 0.643. The van der Waals surface area contributed by atoms with Gasteiger partial charge in [-0.25, -0.2) is 9.97 Å². The summed E-state index contributed by atoms with van der Waals surface area (Å²) >= 11 is 0. The van der Waals surface area contributed by atoms with Crippen molar-refractivity contribution in [1.29, 1.82) is 0 Å². The third-order valence-electron chi connectivity index (χ3n) is 3.61. The molecule has 1 aliphatic heterocycles. The summed E-state index contributed by atoms with van der Waals surface area (Å²) in [6.07, 6.45) is 5.22. The molecule has 0 spiro atoms. The van der Waals surface area contributed by atoms with E-state index in [1.165, 1.54) is 6.33 Å². The highest BCUT2D eigenvalue weighted by Gasteiger charge is 2.24. The van der Waals surface area contributed by atoms with Gasteiger partial charge in [0.2, 0.25) is 0 Å². The molecule has 0 bridgehead atoms. The number of rotatable bonds is 3. The van der Waals surface area contributed by atoms with Crippen molar-refractivity contribution in [1.82, 2.24) is 20.6 Å². The molecule has 2 atom stereocenters. The van der Waals surface area contributed by atoms with Crippen molar-refractivity contribution in [3.63, 3.8) is 0 Å². The SMILES string of the molecule is CC(C)c1ncncc1C(=O)NC1CCCNC1C.Cl. The summed E-state index contributed by atoms with van der Waals surface area (Å²) < 4.78 is 0. The van der Waals surface area contributed by atoms with Gasteiger partial charge in [-0.3, -0.25) is 4.79 Å². The van der Waals surface area contributed by atoms with Crippen LogP contribution in [-0.2, 0) is 0 Å². The molecular weight excluding hydrogens is 276 g/mol. The van der Waals surface area contributed by atoms with E-state index in [1.807, 2.05) is 13.8 Å². The van der Waals surface area contributed by atoms with E-state index < -0.39 is 0 Å². The largest absolute Gasteiger partial charge is 0.348 e. The number of hydrogen-bond acceptors (Lipinski definition) is 4. The first-order valence-corrected chi connectivity index (χ1v) is 6.93. The summed E-state index contributed by atoms with van der Waals surface area (Å²) in [4.78, 5) is 20.6. The number of amides is 1. The molecule has 2 heterocycles. The molecule has 0 aliphatic carbocycles. The number of nitrogens with one attached hydrogen (secondary N) is 2. The van der Waals surface area contributed by atoms with Gasteiger partial charge in [-0.1, -0.05) is 13.8 Å². The molecule has 5 nitrogen and oxygen atoms in total. The average Bonchev–Trinajstić information content (AvgIpc) is 2.41. The molecule has 112 valence electrons. The number of halogens is 1. The van der Waals surface area contributed by atoms with Gasteiger partial charge in [0.1, 0.15) is 6.33 Å². The third kappa shape index (κ3) is 3.90. The molecule has 0 aromatic carbocycles. The molecule has 2 N–H and O–H groups in total. The molecule has 1 aromatic heterocycles. The lowest BCUT2D eigenvalue weighted by Crippen LogP contribution is -2.52. The first kappa shape index (κ1) is 16.9. The summed E-state index contributed by atoms with van der Waals surface area (Å²) in [6, 6.07) is 0.492. The van der Waals surface area contributed by atoms with Gasteiger partial charge in [-0.2, -0.15) is 0 Å². The van der Waals surface area contributed by atoms with Crippen molar-refractivity contribution < 1.29 is 4.79 Å². The van der Waals surface area contributed by atoms with Crippen molar-refractivity contribution in [2.24, 2.45) is 0 Å². The van der Waals surface area contributed by atoms with Gasteiger partial charge in [0.25, 0.3) is 5.91 Å². The Morgan fingerprint density at radius 1 is 1.50 bits per heavy atom. The van der Waals surface area contributed by atoms with Gasteiger partial charge in [0, 0.05) is 18.3 Å². The molecule has 2 unspecified atom stereocenters. The van der Waals surface area contributed by atoms with Crippen LogP contribution in [0, 0.1) is 0 Å². The van der Waals surface area contributed by atoms with Crippen molar-refractivity contribution in [2.45, 2.75) is 51.6 Å². The van der Waals surface area contributed by atoms with E-state index in [9.17, 15) is 4.79 Å². The molecular formula is C14H23ClN4O. The van der Waals surface area contributed by atoms with Crippen LogP contribution in [0.5, 0.6) is 0 Å². The Morgan fingerprint density at radius 3 is 2.90 bits per heavy atom. The lowest BCUT2D eigenvalue weighted by atomic mass is 9.98. The average molecular weight is 299 g/mol. The number of nitrogens with zero attached hydrogens (tertiary/aromatic N) is 2. The molecule has 20 heavy (non-hydrogen) atoms. The van der Waals surface area contributed by atoms with Gasteiger partial charge >= 0.3 is 0 Å². The topological polar surface area (TPSA) is 66.9 Å². The first-order chi connectivity index (χ1) is 9.09. The lowest BCUT2D eigenvalue weighted by molar-refractivity contribution is 0.0917. The molecule has 0 radical (unpaired) electrons. The zero-order valence-corrected chi connectivity index (χ0v) is 13.0. The van der Waals surface area contributed by atoms with Crippen LogP contribution in [0.4, 0.5) is 0 Å². The quantitative estimate of drug-likeness (QED) is 0.894. The van der Waals surface area contributed by atoms with Crippen LogP contribution in [0.25, 0.3) is 0 Å². The maximum atomic E-state index is 12.4. The Hall–Kier alpha value is -1.20. The molecule has 1 saturated heterocycles. The minimum Gasteiger partial charge on any atom is -0.348 e. The molecule has 1 fully saturated rings. The van der Waals surface area contributed by atoms with E-state index in [-0.39, 0.29) is 30.3 Å². The summed E-state index contributed by atoms with van der Waals surface area (Å²) in [5, 5.41) is 6.48. The van der Waals surface area contributed by atoms with E-state index in [2.05, 4.69) is 27.5 Å². The predicted octanol–water partition coefficient (Wildman–Crippen LogP) is 1.89. The Balaban J connectivity index is 0.00000200. The number of carbonyl (C=O) groups excluding carboxylic acids is 1. The van der Waals surface area contributed by atoms with Crippen molar-refractivity contribution >= 4 is 18.3 Å². The van der Waals surface area contributed by atoms with Crippen LogP contribution in [-0.4, -0.2) is 34.5 Å². The summed E-state index contributed by atoms with van der Waals surface area (Å²) in [5.74, 6) is 0.149. The minimum atomic E-state index is -0.0650. The fourth-order valence-corrected chi connectivity index (χ4v) is 2.46. The zero-order chi connectivity index (χ0) is 13.8. The summed E-state index contributed by atoms with van der Waals surface area (Å²) in [5.41, 5.74) is 1.40. The second kappa shape index (κ2) is 7.55. The monoisotopic (exact) mass is 298 g/mol. The molecule has 6 heteroatoms. The lowest BCUT2D eigenvalue weighted by Gasteiger charge is -2.30. The number of hydrogen-bond donors (Lipinski definition) is 2. The van der Waals surface area contributed by atoms with Crippen LogP contribution in [0.15, 0.2) is 12.5 Å². The Morgan fingerprint density at radius 2 is 2.25 bits per heavy atom. The van der Waals surface area contributed by atoms with Gasteiger partial charge in [0.05, 0.1) is 11.3 Å². The fourth-order valence-electron chi connectivity index (χ4n) is 2.46. The smallest absolute Gasteiger partial charge is 0.254 e. The second-order valence-electron chi connectivity index (χ2n) is 5.44. The highest BCUT2D eigenvalue weighted by molar-refractivity contribution is 5.95. The number of piperidine rings is 1. The Bertz CT molecular complexity index is 453. The summed E-state index contributed by atoms with van der Waals surface area (Å²) in [7, 11) is 0. The zero-order valence-electron chi connectivity index (χ0n) is 12.2. The number of carbonyl (C=O) groups is 1. The van der Waals surface area contributed by atoms with E-state index in [4.69, 9.17) is 0 Å².